The van der Waals surface area contributed by atoms with E-state index >= 15 is 0 Å². The number of nitro groups is 1. The lowest BCUT2D eigenvalue weighted by atomic mass is 9.85. The maximum absolute atomic E-state index is 12.9. The molecule has 11 heteroatoms. The van der Waals surface area contributed by atoms with Crippen molar-refractivity contribution in [1.82, 2.24) is 5.32 Å². The summed E-state index contributed by atoms with van der Waals surface area (Å²) in [5.74, 6) is -1.31. The number of benzene rings is 1. The summed E-state index contributed by atoms with van der Waals surface area (Å²) in [7, 11) is 1.24. The number of carbonyl (C=O) groups excluding carboxylic acids is 2. The first-order valence-corrected chi connectivity index (χ1v) is 9.74. The Labute approximate surface area is 177 Å². The number of nitrogens with one attached hydrogen (secondary N) is 1. The molecule has 2 rings (SSSR count). The number of piperidine rings is 1. The zero-order valence-electron chi connectivity index (χ0n) is 17.8. The molecular weight excluding hydrogens is 419 g/mol. The topological polar surface area (TPSA) is 102 Å². The van der Waals surface area contributed by atoms with Crippen molar-refractivity contribution in [3.8, 4) is 0 Å². The lowest BCUT2D eigenvalue weighted by Gasteiger charge is -2.35. The number of nitrogens with zero attached hydrogens (tertiary/aromatic N) is 2. The van der Waals surface area contributed by atoms with Gasteiger partial charge in [-0.15, -0.1) is 0 Å². The minimum atomic E-state index is -4.68. The second-order valence-electron chi connectivity index (χ2n) is 8.55. The van der Waals surface area contributed by atoms with Crippen molar-refractivity contribution < 1.29 is 32.4 Å². The van der Waals surface area contributed by atoms with E-state index in [1.807, 2.05) is 0 Å². The van der Waals surface area contributed by atoms with Crippen molar-refractivity contribution in [2.75, 3.05) is 25.1 Å². The number of methoxy groups -OCH3 is 1. The van der Waals surface area contributed by atoms with E-state index in [2.05, 4.69) is 5.32 Å². The van der Waals surface area contributed by atoms with E-state index < -0.39 is 45.7 Å². The number of rotatable bonds is 5. The molecule has 0 bridgehead atoms. The summed E-state index contributed by atoms with van der Waals surface area (Å²) in [4.78, 5) is 36.8. The Kier molecular flexibility index (Phi) is 7.17. The van der Waals surface area contributed by atoms with Crippen LogP contribution >= 0.6 is 0 Å². The number of esters is 1. The van der Waals surface area contributed by atoms with Gasteiger partial charge in [0.1, 0.15) is 11.7 Å². The minimum absolute atomic E-state index is 0.0824. The fourth-order valence-corrected chi connectivity index (χ4v) is 3.50. The van der Waals surface area contributed by atoms with Crippen LogP contribution in [0.3, 0.4) is 0 Å². The first kappa shape index (κ1) is 24.4. The number of amides is 1. The van der Waals surface area contributed by atoms with Gasteiger partial charge in [0.25, 0.3) is 5.69 Å². The smallest absolute Gasteiger partial charge is 0.416 e. The van der Waals surface area contributed by atoms with Gasteiger partial charge < -0.3 is 15.0 Å². The lowest BCUT2D eigenvalue weighted by Crippen LogP contribution is -2.52. The standard InChI is InChI=1S/C20H26F3N3O5/c1-19(2,3)16(18(28)31-4)24-17(27)12-7-9-25(10-8-12)14-6-5-13(20(21,22)23)11-15(14)26(29)30/h5-6,11-12,16H,7-10H2,1-4H3,(H,24,27)/t16-/m0/s1. The molecule has 1 heterocycles. The van der Waals surface area contributed by atoms with E-state index in [1.165, 1.54) is 7.11 Å². The predicted octanol–water partition coefficient (Wildman–Crippen LogP) is 3.53. The van der Waals surface area contributed by atoms with Crippen LogP contribution < -0.4 is 10.2 Å². The molecule has 0 saturated carbocycles. The number of hydrogen-bond donors (Lipinski definition) is 1. The first-order valence-electron chi connectivity index (χ1n) is 9.74. The van der Waals surface area contributed by atoms with Gasteiger partial charge in [-0.2, -0.15) is 13.2 Å². The molecule has 0 aromatic heterocycles. The van der Waals surface area contributed by atoms with E-state index in [4.69, 9.17) is 4.74 Å². The molecule has 1 atom stereocenters. The molecule has 0 radical (unpaired) electrons. The summed E-state index contributed by atoms with van der Waals surface area (Å²) in [6.45, 7) is 5.88. The SMILES string of the molecule is COC(=O)[C@H](NC(=O)C1CCN(c2ccc(C(F)(F)F)cc2[N+](=O)[O-])CC1)C(C)(C)C. The van der Waals surface area contributed by atoms with Crippen LogP contribution in [0.25, 0.3) is 0 Å². The van der Waals surface area contributed by atoms with Crippen molar-refractivity contribution in [3.05, 3.63) is 33.9 Å². The summed E-state index contributed by atoms with van der Waals surface area (Å²) in [6.07, 6.45) is -4.01. The van der Waals surface area contributed by atoms with Crippen molar-refractivity contribution in [1.29, 1.82) is 0 Å². The molecule has 31 heavy (non-hydrogen) atoms. The second-order valence-corrected chi connectivity index (χ2v) is 8.55. The van der Waals surface area contributed by atoms with Gasteiger partial charge in [-0.25, -0.2) is 4.79 Å². The van der Waals surface area contributed by atoms with E-state index in [1.54, 1.807) is 25.7 Å². The quantitative estimate of drug-likeness (QED) is 0.423. The van der Waals surface area contributed by atoms with Gasteiger partial charge in [-0.3, -0.25) is 14.9 Å². The molecule has 0 unspecified atom stereocenters. The Morgan fingerprint density at radius 3 is 2.26 bits per heavy atom. The van der Waals surface area contributed by atoms with Gasteiger partial charge in [-0.05, 0) is 30.4 Å². The molecule has 1 saturated heterocycles. The van der Waals surface area contributed by atoms with Crippen LogP contribution in [0.1, 0.15) is 39.2 Å². The Bertz CT molecular complexity index is 843. The summed E-state index contributed by atoms with van der Waals surface area (Å²) >= 11 is 0. The summed E-state index contributed by atoms with van der Waals surface area (Å²) in [5, 5.41) is 14.0. The number of halogens is 3. The second kappa shape index (κ2) is 9.11. The van der Waals surface area contributed by atoms with Gasteiger partial charge in [0.05, 0.1) is 17.6 Å². The van der Waals surface area contributed by atoms with Gasteiger partial charge in [0, 0.05) is 25.1 Å². The molecule has 1 aliphatic rings. The maximum Gasteiger partial charge on any atom is 0.416 e. The highest BCUT2D eigenvalue weighted by molar-refractivity contribution is 5.86. The highest BCUT2D eigenvalue weighted by Gasteiger charge is 2.37. The molecule has 1 aromatic rings. The van der Waals surface area contributed by atoms with Crippen molar-refractivity contribution in [2.45, 2.75) is 45.8 Å². The van der Waals surface area contributed by atoms with Crippen LogP contribution in [0.4, 0.5) is 24.5 Å². The minimum Gasteiger partial charge on any atom is -0.467 e. The molecule has 0 spiro atoms. The van der Waals surface area contributed by atoms with Crippen LogP contribution in [0.5, 0.6) is 0 Å². The Balaban J connectivity index is 2.11. The predicted molar refractivity (Wildman–Crippen MR) is 106 cm³/mol. The zero-order chi connectivity index (χ0) is 23.6. The molecule has 1 fully saturated rings. The number of ether oxygens (including phenoxy) is 1. The molecule has 8 nitrogen and oxygen atoms in total. The zero-order valence-corrected chi connectivity index (χ0v) is 17.8. The third-order valence-corrected chi connectivity index (χ3v) is 5.30. The molecule has 172 valence electrons. The number of hydrogen-bond acceptors (Lipinski definition) is 6. The number of nitro benzene ring substituents is 1. The van der Waals surface area contributed by atoms with Crippen LogP contribution in [0.2, 0.25) is 0 Å². The van der Waals surface area contributed by atoms with E-state index in [0.29, 0.717) is 18.9 Å². The van der Waals surface area contributed by atoms with Crippen molar-refractivity contribution in [2.24, 2.45) is 11.3 Å². The maximum atomic E-state index is 12.9. The third kappa shape index (κ3) is 5.86. The highest BCUT2D eigenvalue weighted by Crippen LogP contribution is 2.37. The molecule has 1 aliphatic heterocycles. The van der Waals surface area contributed by atoms with Gasteiger partial charge in [0.2, 0.25) is 5.91 Å². The Hall–Kier alpha value is -2.85. The molecule has 1 aromatic carbocycles. The average molecular weight is 445 g/mol. The molecular formula is C20H26F3N3O5. The van der Waals surface area contributed by atoms with E-state index in [9.17, 15) is 32.9 Å². The van der Waals surface area contributed by atoms with Crippen molar-refractivity contribution in [3.63, 3.8) is 0 Å². The Morgan fingerprint density at radius 1 is 1.23 bits per heavy atom. The van der Waals surface area contributed by atoms with Gasteiger partial charge in [-0.1, -0.05) is 20.8 Å². The summed E-state index contributed by atoms with van der Waals surface area (Å²) in [6, 6.07) is 1.59. The number of alkyl halides is 3. The average Bonchev–Trinajstić information content (AvgIpc) is 2.69. The van der Waals surface area contributed by atoms with Crippen LogP contribution in [0, 0.1) is 21.4 Å². The van der Waals surface area contributed by atoms with Crippen LogP contribution in [0.15, 0.2) is 18.2 Å². The largest absolute Gasteiger partial charge is 0.467 e. The fourth-order valence-electron chi connectivity index (χ4n) is 3.50. The number of carbonyl (C=O) groups is 2. The monoisotopic (exact) mass is 445 g/mol. The highest BCUT2D eigenvalue weighted by atomic mass is 19.4. The summed E-state index contributed by atoms with van der Waals surface area (Å²) < 4.78 is 43.5. The van der Waals surface area contributed by atoms with E-state index in [0.717, 1.165) is 12.1 Å². The van der Waals surface area contributed by atoms with Gasteiger partial charge in [0.15, 0.2) is 0 Å². The van der Waals surface area contributed by atoms with Gasteiger partial charge >= 0.3 is 12.1 Å². The van der Waals surface area contributed by atoms with Crippen LogP contribution in [-0.2, 0) is 20.5 Å². The lowest BCUT2D eigenvalue weighted by molar-refractivity contribution is -0.384. The molecule has 0 aliphatic carbocycles. The Morgan fingerprint density at radius 2 is 1.81 bits per heavy atom. The fraction of sp³-hybridized carbons (Fsp3) is 0.600. The summed E-state index contributed by atoms with van der Waals surface area (Å²) in [5.41, 5.74) is -2.20. The normalized spacial score (nSPS) is 16.5. The van der Waals surface area contributed by atoms with Crippen molar-refractivity contribution >= 4 is 23.3 Å². The van der Waals surface area contributed by atoms with E-state index in [-0.39, 0.29) is 24.7 Å². The molecule has 1 N–H and O–H groups in total. The third-order valence-electron chi connectivity index (χ3n) is 5.30. The first-order chi connectivity index (χ1) is 14.3. The number of anilines is 1. The van der Waals surface area contributed by atoms with Crippen LogP contribution in [-0.4, -0.2) is 43.0 Å². The molecule has 1 amide bonds.